The molecule has 0 radical (unpaired) electrons. The molecule has 0 aromatic heterocycles. The van der Waals surface area contributed by atoms with Crippen molar-refractivity contribution in [2.24, 2.45) is 0 Å². The van der Waals surface area contributed by atoms with Gasteiger partial charge in [0.15, 0.2) is 0 Å². The minimum atomic E-state index is -1.07. The van der Waals surface area contributed by atoms with Crippen LogP contribution in [0.4, 0.5) is 0 Å². The van der Waals surface area contributed by atoms with Crippen molar-refractivity contribution in [2.75, 3.05) is 0 Å². The normalized spacial score (nSPS) is 35.5. The molecule has 0 bridgehead atoms. The molecule has 1 aromatic carbocycles. The highest BCUT2D eigenvalue weighted by Gasteiger charge is 2.49. The van der Waals surface area contributed by atoms with Crippen LogP contribution in [0.25, 0.3) is 0 Å². The molecule has 4 heteroatoms. The highest BCUT2D eigenvalue weighted by molar-refractivity contribution is 5.85. The van der Waals surface area contributed by atoms with Gasteiger partial charge in [-0.3, -0.25) is 0 Å². The molecule has 2 heterocycles. The third-order valence-electron chi connectivity index (χ3n) is 3.04. The summed E-state index contributed by atoms with van der Waals surface area (Å²) in [6, 6.07) is 9.43. The molecule has 3 atom stereocenters. The van der Waals surface area contributed by atoms with Crippen molar-refractivity contribution in [3.05, 3.63) is 48.0 Å². The average molecular weight is 232 g/mol. The van der Waals surface area contributed by atoms with Gasteiger partial charge in [0.05, 0.1) is 6.10 Å². The second-order valence-electron chi connectivity index (χ2n) is 4.29. The van der Waals surface area contributed by atoms with Crippen LogP contribution in [0.5, 0.6) is 0 Å². The van der Waals surface area contributed by atoms with Gasteiger partial charge in [0.25, 0.3) is 0 Å². The van der Waals surface area contributed by atoms with Gasteiger partial charge in [0.2, 0.25) is 5.79 Å². The quantitative estimate of drug-likeness (QED) is 0.742. The Balaban J connectivity index is 1.86. The van der Waals surface area contributed by atoms with Gasteiger partial charge in [-0.05, 0) is 11.6 Å². The monoisotopic (exact) mass is 232 g/mol. The number of aliphatic hydroxyl groups excluding tert-OH is 1. The topological polar surface area (TPSA) is 55.8 Å². The molecule has 0 saturated carbocycles. The third kappa shape index (κ3) is 1.75. The fraction of sp³-hybridized carbons (Fsp3) is 0.308. The van der Waals surface area contributed by atoms with Crippen LogP contribution in [-0.2, 0) is 14.3 Å². The number of hydrogen-bond donors (Lipinski definition) is 1. The molecule has 1 saturated heterocycles. The predicted molar refractivity (Wildman–Crippen MR) is 58.9 cm³/mol. The molecule has 2 aliphatic heterocycles. The van der Waals surface area contributed by atoms with Gasteiger partial charge in [-0.1, -0.05) is 30.3 Å². The van der Waals surface area contributed by atoms with Crippen LogP contribution in [0.2, 0.25) is 0 Å². The molecule has 1 fully saturated rings. The Kier molecular flexibility index (Phi) is 2.28. The first-order chi connectivity index (χ1) is 8.19. The highest BCUT2D eigenvalue weighted by atomic mass is 16.7. The summed E-state index contributed by atoms with van der Waals surface area (Å²) in [6.45, 7) is 0. The number of rotatable bonds is 1. The van der Waals surface area contributed by atoms with Gasteiger partial charge < -0.3 is 14.6 Å². The Hall–Kier alpha value is -1.65. The lowest BCUT2D eigenvalue weighted by Gasteiger charge is -2.20. The van der Waals surface area contributed by atoms with Gasteiger partial charge in [-0.15, -0.1) is 0 Å². The van der Waals surface area contributed by atoms with Crippen molar-refractivity contribution in [3.63, 3.8) is 0 Å². The summed E-state index contributed by atoms with van der Waals surface area (Å²) in [5.74, 6) is -1.50. The molecular formula is C13H12O4. The van der Waals surface area contributed by atoms with Crippen molar-refractivity contribution in [1.29, 1.82) is 0 Å². The predicted octanol–water partition coefficient (Wildman–Crippen LogP) is 1.32. The minimum Gasteiger partial charge on any atom is -0.426 e. The molecule has 88 valence electrons. The van der Waals surface area contributed by atoms with E-state index in [0.29, 0.717) is 0 Å². The number of hydrogen-bond acceptors (Lipinski definition) is 4. The molecular weight excluding hydrogens is 220 g/mol. The van der Waals surface area contributed by atoms with Crippen molar-refractivity contribution in [1.82, 2.24) is 0 Å². The first-order valence-electron chi connectivity index (χ1n) is 5.52. The van der Waals surface area contributed by atoms with E-state index in [9.17, 15) is 9.90 Å². The van der Waals surface area contributed by atoms with Crippen LogP contribution < -0.4 is 0 Å². The maximum absolute atomic E-state index is 11.1. The minimum absolute atomic E-state index is 0.273. The summed E-state index contributed by atoms with van der Waals surface area (Å²) >= 11 is 0. The number of esters is 1. The average Bonchev–Trinajstić information content (AvgIpc) is 2.84. The van der Waals surface area contributed by atoms with E-state index in [-0.39, 0.29) is 6.42 Å². The van der Waals surface area contributed by atoms with Gasteiger partial charge in [0, 0.05) is 12.5 Å². The largest absolute Gasteiger partial charge is 0.426 e. The maximum Gasteiger partial charge on any atom is 0.333 e. The van der Waals surface area contributed by atoms with Crippen molar-refractivity contribution in [2.45, 2.75) is 24.4 Å². The molecule has 0 unspecified atom stereocenters. The first kappa shape index (κ1) is 10.5. The Morgan fingerprint density at radius 3 is 2.71 bits per heavy atom. The Morgan fingerprint density at radius 1 is 1.29 bits per heavy atom. The molecule has 1 N–H and O–H groups in total. The molecule has 1 aromatic rings. The van der Waals surface area contributed by atoms with Crippen LogP contribution in [0.1, 0.15) is 18.1 Å². The lowest BCUT2D eigenvalue weighted by atomic mass is 10.0. The Labute approximate surface area is 98.5 Å². The molecule has 1 spiro atoms. The van der Waals surface area contributed by atoms with Crippen LogP contribution in [-0.4, -0.2) is 23.0 Å². The highest BCUT2D eigenvalue weighted by Crippen LogP contribution is 2.43. The number of aliphatic hydroxyl groups is 1. The van der Waals surface area contributed by atoms with E-state index in [1.54, 1.807) is 6.08 Å². The summed E-state index contributed by atoms with van der Waals surface area (Å²) < 4.78 is 10.8. The number of benzene rings is 1. The second-order valence-corrected chi connectivity index (χ2v) is 4.29. The fourth-order valence-corrected chi connectivity index (χ4v) is 2.28. The number of ether oxygens (including phenoxy) is 2. The van der Waals surface area contributed by atoms with E-state index in [0.717, 1.165) is 5.56 Å². The second kappa shape index (κ2) is 3.68. The van der Waals surface area contributed by atoms with E-state index >= 15 is 0 Å². The van der Waals surface area contributed by atoms with Gasteiger partial charge in [-0.2, -0.15) is 0 Å². The number of carbonyl (C=O) groups excluding carboxylic acids is 1. The van der Waals surface area contributed by atoms with E-state index in [4.69, 9.17) is 9.47 Å². The molecule has 2 aliphatic rings. The maximum atomic E-state index is 11.1. The van der Waals surface area contributed by atoms with E-state index in [1.165, 1.54) is 6.08 Å². The molecule has 4 nitrogen and oxygen atoms in total. The Morgan fingerprint density at radius 2 is 2.06 bits per heavy atom. The lowest BCUT2D eigenvalue weighted by molar-refractivity contribution is -0.192. The lowest BCUT2D eigenvalue weighted by Crippen LogP contribution is -2.27. The molecule has 0 amide bonds. The van der Waals surface area contributed by atoms with Gasteiger partial charge in [0.1, 0.15) is 6.10 Å². The summed E-state index contributed by atoms with van der Waals surface area (Å²) in [5, 5.41) is 10.0. The van der Waals surface area contributed by atoms with Crippen LogP contribution in [0.15, 0.2) is 42.5 Å². The zero-order valence-electron chi connectivity index (χ0n) is 9.08. The van der Waals surface area contributed by atoms with Gasteiger partial charge >= 0.3 is 5.97 Å². The summed E-state index contributed by atoms with van der Waals surface area (Å²) in [4.78, 5) is 11.1. The molecule has 17 heavy (non-hydrogen) atoms. The van der Waals surface area contributed by atoms with Crippen LogP contribution in [0, 0.1) is 0 Å². The summed E-state index contributed by atoms with van der Waals surface area (Å²) in [7, 11) is 0. The van der Waals surface area contributed by atoms with Crippen molar-refractivity contribution >= 4 is 5.97 Å². The summed E-state index contributed by atoms with van der Waals surface area (Å²) in [6.07, 6.45) is 2.05. The standard InChI is InChI=1S/C13H12O4/c14-10-8-13(7-6-11(15)16-13)17-12(10)9-4-2-1-3-5-9/h1-7,10,12,14H,8H2/t10-,12-,13-/m1/s1. The zero-order valence-corrected chi connectivity index (χ0v) is 9.08. The number of carbonyl (C=O) groups is 1. The third-order valence-corrected chi connectivity index (χ3v) is 3.04. The van der Waals surface area contributed by atoms with E-state index < -0.39 is 24.0 Å². The Bertz CT molecular complexity index is 468. The van der Waals surface area contributed by atoms with Crippen molar-refractivity contribution < 1.29 is 19.4 Å². The van der Waals surface area contributed by atoms with Gasteiger partial charge in [-0.25, -0.2) is 4.79 Å². The van der Waals surface area contributed by atoms with Crippen LogP contribution in [0.3, 0.4) is 0 Å². The molecule has 0 aliphatic carbocycles. The smallest absolute Gasteiger partial charge is 0.333 e. The first-order valence-corrected chi connectivity index (χ1v) is 5.52. The summed E-state index contributed by atoms with van der Waals surface area (Å²) in [5.41, 5.74) is 0.883. The van der Waals surface area contributed by atoms with Crippen LogP contribution >= 0.6 is 0 Å². The van der Waals surface area contributed by atoms with E-state index in [2.05, 4.69) is 0 Å². The molecule has 3 rings (SSSR count). The SMILES string of the molecule is O=C1C=C[C@@]2(C[C@@H](O)[C@@H](c3ccccc3)O2)O1. The van der Waals surface area contributed by atoms with E-state index in [1.807, 2.05) is 30.3 Å². The van der Waals surface area contributed by atoms with Crippen molar-refractivity contribution in [3.8, 4) is 0 Å². The fourth-order valence-electron chi connectivity index (χ4n) is 2.28. The zero-order chi connectivity index (χ0) is 11.9.